The number of aromatic hydroxyl groups is 1. The number of benzene rings is 1. The number of rotatable bonds is 6. The Morgan fingerprint density at radius 1 is 1.19 bits per heavy atom. The summed E-state index contributed by atoms with van der Waals surface area (Å²) in [5.74, 6) is 0.196. The predicted molar refractivity (Wildman–Crippen MR) is 84.3 cm³/mol. The molecule has 1 amide bonds. The van der Waals surface area contributed by atoms with Gasteiger partial charge in [-0.1, -0.05) is 25.1 Å². The molecule has 1 aliphatic carbocycles. The van der Waals surface area contributed by atoms with Crippen LogP contribution in [0.4, 0.5) is 0 Å². The van der Waals surface area contributed by atoms with Crippen molar-refractivity contribution in [2.24, 2.45) is 0 Å². The zero-order valence-corrected chi connectivity index (χ0v) is 12.8. The second-order valence-electron chi connectivity index (χ2n) is 5.88. The number of nitrogens with one attached hydrogen (secondary N) is 2. The van der Waals surface area contributed by atoms with Gasteiger partial charge in [0.25, 0.3) is 0 Å². The van der Waals surface area contributed by atoms with E-state index in [2.05, 4.69) is 17.6 Å². The molecule has 0 unspecified atom stereocenters. The molecule has 0 saturated heterocycles. The van der Waals surface area contributed by atoms with Gasteiger partial charge in [-0.2, -0.15) is 0 Å². The van der Waals surface area contributed by atoms with Crippen LogP contribution in [0.3, 0.4) is 0 Å². The lowest BCUT2D eigenvalue weighted by atomic mass is 9.91. The van der Waals surface area contributed by atoms with E-state index in [1.807, 2.05) is 6.07 Å². The van der Waals surface area contributed by atoms with Gasteiger partial charge in [0.2, 0.25) is 5.91 Å². The summed E-state index contributed by atoms with van der Waals surface area (Å²) in [6.07, 6.45) is 5.74. The standard InChI is InChI=1S/C17H26N2O2/c1-2-11-18-14-7-9-15(10-8-14)19-17(21)12-13-5-3-4-6-16(13)20/h3-6,14-15,18,20H,2,7-12H2,1H3,(H,19,21). The summed E-state index contributed by atoms with van der Waals surface area (Å²) in [5, 5.41) is 16.3. The van der Waals surface area contributed by atoms with Crippen LogP contribution in [0.25, 0.3) is 0 Å². The molecule has 0 bridgehead atoms. The predicted octanol–water partition coefficient (Wildman–Crippen LogP) is 2.36. The lowest BCUT2D eigenvalue weighted by Crippen LogP contribution is -2.42. The quantitative estimate of drug-likeness (QED) is 0.754. The van der Waals surface area contributed by atoms with Gasteiger partial charge in [0.1, 0.15) is 5.75 Å². The van der Waals surface area contributed by atoms with Gasteiger partial charge in [0.15, 0.2) is 0 Å². The Hall–Kier alpha value is -1.55. The van der Waals surface area contributed by atoms with Crippen LogP contribution in [0.15, 0.2) is 24.3 Å². The normalized spacial score (nSPS) is 22.0. The highest BCUT2D eigenvalue weighted by Gasteiger charge is 2.22. The Morgan fingerprint density at radius 2 is 1.86 bits per heavy atom. The molecule has 0 spiro atoms. The van der Waals surface area contributed by atoms with Crippen LogP contribution in [0.5, 0.6) is 5.75 Å². The number of amides is 1. The van der Waals surface area contributed by atoms with Crippen LogP contribution in [-0.4, -0.2) is 29.6 Å². The second kappa shape index (κ2) is 8.03. The molecule has 4 nitrogen and oxygen atoms in total. The van der Waals surface area contributed by atoms with Crippen molar-refractivity contribution in [1.29, 1.82) is 0 Å². The van der Waals surface area contributed by atoms with Gasteiger partial charge in [0.05, 0.1) is 6.42 Å². The van der Waals surface area contributed by atoms with Crippen molar-refractivity contribution in [3.05, 3.63) is 29.8 Å². The maximum Gasteiger partial charge on any atom is 0.224 e. The highest BCUT2D eigenvalue weighted by atomic mass is 16.3. The minimum atomic E-state index is 0.00136. The summed E-state index contributed by atoms with van der Waals surface area (Å²) in [4.78, 5) is 12.0. The van der Waals surface area contributed by atoms with Gasteiger partial charge in [-0.3, -0.25) is 4.79 Å². The largest absolute Gasteiger partial charge is 0.508 e. The van der Waals surface area contributed by atoms with Gasteiger partial charge < -0.3 is 15.7 Å². The molecule has 1 aliphatic rings. The Morgan fingerprint density at radius 3 is 2.52 bits per heavy atom. The zero-order valence-electron chi connectivity index (χ0n) is 12.8. The molecular weight excluding hydrogens is 264 g/mol. The van der Waals surface area contributed by atoms with Crippen LogP contribution in [0, 0.1) is 0 Å². The average molecular weight is 290 g/mol. The molecule has 1 aromatic rings. The maximum atomic E-state index is 12.0. The van der Waals surface area contributed by atoms with Crippen molar-refractivity contribution in [2.45, 2.75) is 57.5 Å². The SMILES string of the molecule is CCCNC1CCC(NC(=O)Cc2ccccc2O)CC1. The average Bonchev–Trinajstić information content (AvgIpc) is 2.49. The summed E-state index contributed by atoms with van der Waals surface area (Å²) in [6.45, 7) is 3.26. The van der Waals surface area contributed by atoms with Crippen LogP contribution >= 0.6 is 0 Å². The van der Waals surface area contributed by atoms with E-state index in [1.165, 1.54) is 0 Å². The van der Waals surface area contributed by atoms with Crippen molar-refractivity contribution in [1.82, 2.24) is 10.6 Å². The monoisotopic (exact) mass is 290 g/mol. The van der Waals surface area contributed by atoms with Gasteiger partial charge in [0, 0.05) is 17.6 Å². The first-order valence-electron chi connectivity index (χ1n) is 7.98. The zero-order chi connectivity index (χ0) is 15.1. The van der Waals surface area contributed by atoms with Crippen LogP contribution in [0.1, 0.15) is 44.6 Å². The first-order valence-corrected chi connectivity index (χ1v) is 7.98. The highest BCUT2D eigenvalue weighted by Crippen LogP contribution is 2.20. The number of carbonyl (C=O) groups excluding carboxylic acids is 1. The van der Waals surface area contributed by atoms with E-state index in [-0.39, 0.29) is 24.1 Å². The van der Waals surface area contributed by atoms with E-state index < -0.39 is 0 Å². The Balaban J connectivity index is 1.73. The van der Waals surface area contributed by atoms with Crippen molar-refractivity contribution in [3.8, 4) is 5.75 Å². The van der Waals surface area contributed by atoms with Crippen LogP contribution in [-0.2, 0) is 11.2 Å². The third kappa shape index (κ3) is 5.05. The summed E-state index contributed by atoms with van der Waals surface area (Å²) < 4.78 is 0. The fourth-order valence-corrected chi connectivity index (χ4v) is 2.90. The first-order chi connectivity index (χ1) is 10.2. The van der Waals surface area contributed by atoms with E-state index in [1.54, 1.807) is 18.2 Å². The Kier molecular flexibility index (Phi) is 6.05. The molecule has 2 rings (SSSR count). The lowest BCUT2D eigenvalue weighted by molar-refractivity contribution is -0.121. The number of phenolic OH excluding ortho intramolecular Hbond substituents is 1. The Bertz CT molecular complexity index is 454. The fourth-order valence-electron chi connectivity index (χ4n) is 2.90. The molecule has 4 heteroatoms. The van der Waals surface area contributed by atoms with Gasteiger partial charge >= 0.3 is 0 Å². The number of hydrogen-bond acceptors (Lipinski definition) is 3. The minimum Gasteiger partial charge on any atom is -0.508 e. The second-order valence-corrected chi connectivity index (χ2v) is 5.88. The third-order valence-electron chi connectivity index (χ3n) is 4.12. The van der Waals surface area contributed by atoms with Crippen LogP contribution < -0.4 is 10.6 Å². The van der Waals surface area contributed by atoms with Crippen molar-refractivity contribution < 1.29 is 9.90 Å². The summed E-state index contributed by atoms with van der Waals surface area (Å²) >= 11 is 0. The smallest absolute Gasteiger partial charge is 0.224 e. The van der Waals surface area contributed by atoms with Crippen molar-refractivity contribution in [2.75, 3.05) is 6.54 Å². The molecule has 1 aromatic carbocycles. The number of hydrogen-bond donors (Lipinski definition) is 3. The van der Waals surface area contributed by atoms with Gasteiger partial charge in [-0.25, -0.2) is 0 Å². The molecule has 0 atom stereocenters. The minimum absolute atomic E-state index is 0.00136. The van der Waals surface area contributed by atoms with Crippen molar-refractivity contribution >= 4 is 5.91 Å². The molecule has 0 heterocycles. The highest BCUT2D eigenvalue weighted by molar-refractivity contribution is 5.79. The summed E-state index contributed by atoms with van der Waals surface area (Å²) in [7, 11) is 0. The molecule has 0 aliphatic heterocycles. The lowest BCUT2D eigenvalue weighted by Gasteiger charge is -2.29. The number of phenols is 1. The Labute approximate surface area is 126 Å². The molecule has 21 heavy (non-hydrogen) atoms. The van der Waals surface area contributed by atoms with E-state index in [0.29, 0.717) is 11.6 Å². The van der Waals surface area contributed by atoms with E-state index in [0.717, 1.165) is 38.6 Å². The summed E-state index contributed by atoms with van der Waals surface area (Å²) in [6, 6.07) is 7.90. The third-order valence-corrected chi connectivity index (χ3v) is 4.12. The van der Waals surface area contributed by atoms with Gasteiger partial charge in [-0.05, 0) is 44.7 Å². The molecule has 3 N–H and O–H groups in total. The maximum absolute atomic E-state index is 12.0. The molecule has 1 fully saturated rings. The molecular formula is C17H26N2O2. The van der Waals surface area contributed by atoms with E-state index in [9.17, 15) is 9.90 Å². The molecule has 116 valence electrons. The topological polar surface area (TPSA) is 61.4 Å². The van der Waals surface area contributed by atoms with Gasteiger partial charge in [-0.15, -0.1) is 0 Å². The number of carbonyl (C=O) groups is 1. The molecule has 0 aromatic heterocycles. The van der Waals surface area contributed by atoms with E-state index >= 15 is 0 Å². The van der Waals surface area contributed by atoms with E-state index in [4.69, 9.17) is 0 Å². The summed E-state index contributed by atoms with van der Waals surface area (Å²) in [5.41, 5.74) is 0.688. The van der Waals surface area contributed by atoms with Crippen molar-refractivity contribution in [3.63, 3.8) is 0 Å². The number of para-hydroxylation sites is 1. The fraction of sp³-hybridized carbons (Fsp3) is 0.588. The molecule has 0 radical (unpaired) electrons. The first kappa shape index (κ1) is 15.8. The van der Waals surface area contributed by atoms with Crippen LogP contribution in [0.2, 0.25) is 0 Å². The molecule has 1 saturated carbocycles.